The maximum atomic E-state index is 12.5. The lowest BCUT2D eigenvalue weighted by Gasteiger charge is -2.35. The molecular formula is C18H21F3N2O3. The second kappa shape index (κ2) is 6.74. The molecule has 1 N–H and O–H groups in total. The molecule has 0 radical (unpaired) electrons. The fraction of sp³-hybridized carbons (Fsp3) is 0.611. The van der Waals surface area contributed by atoms with Crippen molar-refractivity contribution in [1.29, 1.82) is 0 Å². The number of hydrogen-bond acceptors (Lipinski definition) is 4. The number of rotatable bonds is 4. The molecule has 2 aliphatic heterocycles. The van der Waals surface area contributed by atoms with E-state index in [1.165, 1.54) is 31.0 Å². The smallest absolute Gasteiger partial charge is 0.405 e. The normalized spacial score (nSPS) is 29.3. The van der Waals surface area contributed by atoms with Crippen LogP contribution in [0.5, 0.6) is 5.75 Å². The third kappa shape index (κ3) is 3.96. The van der Waals surface area contributed by atoms with Crippen molar-refractivity contribution in [2.24, 2.45) is 5.92 Å². The van der Waals surface area contributed by atoms with Crippen molar-refractivity contribution in [1.82, 2.24) is 10.2 Å². The predicted molar refractivity (Wildman–Crippen MR) is 86.8 cm³/mol. The lowest BCUT2D eigenvalue weighted by molar-refractivity contribution is -0.274. The van der Waals surface area contributed by atoms with Crippen molar-refractivity contribution in [3.8, 4) is 5.75 Å². The molecule has 3 aliphatic rings. The van der Waals surface area contributed by atoms with E-state index in [4.69, 9.17) is 4.74 Å². The zero-order valence-corrected chi connectivity index (χ0v) is 14.2. The average Bonchev–Trinajstić information content (AvgIpc) is 3.34. The molecule has 5 nitrogen and oxygen atoms in total. The van der Waals surface area contributed by atoms with Gasteiger partial charge in [0, 0.05) is 25.2 Å². The van der Waals surface area contributed by atoms with E-state index in [2.05, 4.69) is 15.0 Å². The van der Waals surface area contributed by atoms with E-state index in [0.29, 0.717) is 19.1 Å². The number of amides is 1. The summed E-state index contributed by atoms with van der Waals surface area (Å²) >= 11 is 0. The molecule has 0 spiro atoms. The molecule has 1 amide bonds. The number of alkyl halides is 3. The first-order valence-corrected chi connectivity index (χ1v) is 8.90. The highest BCUT2D eigenvalue weighted by Gasteiger charge is 2.42. The molecule has 4 rings (SSSR count). The van der Waals surface area contributed by atoms with Crippen LogP contribution in [0.25, 0.3) is 0 Å². The van der Waals surface area contributed by atoms with Crippen LogP contribution in [0.15, 0.2) is 24.3 Å². The van der Waals surface area contributed by atoms with Crippen molar-refractivity contribution in [2.45, 2.75) is 43.8 Å². The van der Waals surface area contributed by atoms with E-state index in [9.17, 15) is 18.0 Å². The largest absolute Gasteiger partial charge is 0.573 e. The molecule has 2 heterocycles. The van der Waals surface area contributed by atoms with Gasteiger partial charge in [-0.1, -0.05) is 12.1 Å². The number of ether oxygens (including phenoxy) is 2. The summed E-state index contributed by atoms with van der Waals surface area (Å²) in [6, 6.07) is 5.57. The SMILES string of the molecule is O=C(N[C@@H]1C[C@H]2CO[C@@H](C3CC3)CN2C1)c1ccccc1OC(F)(F)F. The molecule has 1 aliphatic carbocycles. The Morgan fingerprint density at radius 3 is 2.73 bits per heavy atom. The molecule has 1 saturated carbocycles. The maximum Gasteiger partial charge on any atom is 0.573 e. The van der Waals surface area contributed by atoms with Gasteiger partial charge in [0.25, 0.3) is 5.91 Å². The van der Waals surface area contributed by atoms with Gasteiger partial charge < -0.3 is 14.8 Å². The topological polar surface area (TPSA) is 50.8 Å². The summed E-state index contributed by atoms with van der Waals surface area (Å²) in [6.45, 7) is 2.22. The predicted octanol–water partition coefficient (Wildman–Crippen LogP) is 2.57. The number of carbonyl (C=O) groups is 1. The summed E-state index contributed by atoms with van der Waals surface area (Å²) in [4.78, 5) is 14.8. The van der Waals surface area contributed by atoms with Crippen molar-refractivity contribution < 1.29 is 27.4 Å². The third-order valence-electron chi connectivity index (χ3n) is 5.29. The number of halogens is 3. The summed E-state index contributed by atoms with van der Waals surface area (Å²) < 4.78 is 47.5. The van der Waals surface area contributed by atoms with Crippen molar-refractivity contribution in [3.05, 3.63) is 29.8 Å². The van der Waals surface area contributed by atoms with Crippen molar-refractivity contribution in [3.63, 3.8) is 0 Å². The Labute approximate surface area is 149 Å². The lowest BCUT2D eigenvalue weighted by Crippen LogP contribution is -2.47. The second-order valence-electron chi connectivity index (χ2n) is 7.27. The Balaban J connectivity index is 1.38. The van der Waals surface area contributed by atoms with Gasteiger partial charge >= 0.3 is 6.36 Å². The summed E-state index contributed by atoms with van der Waals surface area (Å²) in [6.07, 6.45) is -1.37. The molecule has 2 saturated heterocycles. The third-order valence-corrected chi connectivity index (χ3v) is 5.29. The highest BCUT2D eigenvalue weighted by Crippen LogP contribution is 2.38. The first-order chi connectivity index (χ1) is 12.4. The second-order valence-corrected chi connectivity index (χ2v) is 7.27. The van der Waals surface area contributed by atoms with E-state index in [-0.39, 0.29) is 23.8 Å². The van der Waals surface area contributed by atoms with Crippen LogP contribution in [0.4, 0.5) is 13.2 Å². The number of para-hydroxylation sites is 1. The average molecular weight is 370 g/mol. The summed E-state index contributed by atoms with van der Waals surface area (Å²) in [7, 11) is 0. The van der Waals surface area contributed by atoms with E-state index < -0.39 is 18.0 Å². The highest BCUT2D eigenvalue weighted by atomic mass is 19.4. The van der Waals surface area contributed by atoms with Crippen LogP contribution < -0.4 is 10.1 Å². The van der Waals surface area contributed by atoms with Gasteiger partial charge in [0.15, 0.2) is 0 Å². The summed E-state index contributed by atoms with van der Waals surface area (Å²) in [5.41, 5.74) is -0.109. The number of nitrogens with zero attached hydrogens (tertiary/aromatic N) is 1. The van der Waals surface area contributed by atoms with Gasteiger partial charge in [0.05, 0.1) is 18.3 Å². The van der Waals surface area contributed by atoms with Crippen LogP contribution in [-0.2, 0) is 4.74 Å². The quantitative estimate of drug-likeness (QED) is 0.885. The van der Waals surface area contributed by atoms with Crippen LogP contribution in [0.2, 0.25) is 0 Å². The zero-order valence-electron chi connectivity index (χ0n) is 14.2. The van der Waals surface area contributed by atoms with Gasteiger partial charge in [0.2, 0.25) is 0 Å². The standard InChI is InChI=1S/C18H21F3N2O3/c19-18(20,21)26-15-4-2-1-3-14(15)17(24)22-12-7-13-10-25-16(11-5-6-11)9-23(13)8-12/h1-4,11-13,16H,5-10H2,(H,22,24)/t12-,13+,16-/m1/s1. The highest BCUT2D eigenvalue weighted by molar-refractivity contribution is 5.97. The number of hydrogen-bond donors (Lipinski definition) is 1. The molecule has 0 unspecified atom stereocenters. The Kier molecular flexibility index (Phi) is 4.56. The van der Waals surface area contributed by atoms with Gasteiger partial charge in [-0.15, -0.1) is 13.2 Å². The Bertz CT molecular complexity index is 678. The number of morpholine rings is 1. The zero-order chi connectivity index (χ0) is 18.3. The van der Waals surface area contributed by atoms with Crippen LogP contribution in [0, 0.1) is 5.92 Å². The molecule has 1 aromatic carbocycles. The monoisotopic (exact) mass is 370 g/mol. The fourth-order valence-corrected chi connectivity index (χ4v) is 3.89. The molecule has 3 atom stereocenters. The molecule has 8 heteroatoms. The van der Waals surface area contributed by atoms with E-state index in [1.807, 2.05) is 0 Å². The Hall–Kier alpha value is -1.80. The minimum absolute atomic E-state index is 0.104. The van der Waals surface area contributed by atoms with Crippen LogP contribution in [-0.4, -0.2) is 55.1 Å². The fourth-order valence-electron chi connectivity index (χ4n) is 3.89. The van der Waals surface area contributed by atoms with Crippen LogP contribution >= 0.6 is 0 Å². The van der Waals surface area contributed by atoms with E-state index in [0.717, 1.165) is 19.0 Å². The van der Waals surface area contributed by atoms with Gasteiger partial charge in [-0.2, -0.15) is 0 Å². The van der Waals surface area contributed by atoms with Crippen LogP contribution in [0.1, 0.15) is 29.6 Å². The van der Waals surface area contributed by atoms with Crippen LogP contribution in [0.3, 0.4) is 0 Å². The number of nitrogens with one attached hydrogen (secondary N) is 1. The van der Waals surface area contributed by atoms with Gasteiger partial charge in [-0.05, 0) is 37.3 Å². The van der Waals surface area contributed by atoms with Gasteiger partial charge in [0.1, 0.15) is 5.75 Å². The summed E-state index contributed by atoms with van der Waals surface area (Å²) in [5, 5.41) is 2.85. The first-order valence-electron chi connectivity index (χ1n) is 8.90. The van der Waals surface area contributed by atoms with Gasteiger partial charge in [-0.25, -0.2) is 0 Å². The molecule has 142 valence electrons. The minimum atomic E-state index is -4.83. The Morgan fingerprint density at radius 1 is 1.23 bits per heavy atom. The molecule has 0 bridgehead atoms. The van der Waals surface area contributed by atoms with E-state index >= 15 is 0 Å². The number of benzene rings is 1. The van der Waals surface area contributed by atoms with E-state index in [1.54, 1.807) is 0 Å². The first kappa shape index (κ1) is 17.6. The lowest BCUT2D eigenvalue weighted by atomic mass is 10.1. The molecule has 26 heavy (non-hydrogen) atoms. The number of fused-ring (bicyclic) bond motifs is 1. The van der Waals surface area contributed by atoms with Crippen molar-refractivity contribution >= 4 is 5.91 Å². The van der Waals surface area contributed by atoms with Crippen molar-refractivity contribution in [2.75, 3.05) is 19.7 Å². The minimum Gasteiger partial charge on any atom is -0.405 e. The molecular weight excluding hydrogens is 349 g/mol. The molecule has 3 fully saturated rings. The Morgan fingerprint density at radius 2 is 2.00 bits per heavy atom. The molecule has 0 aromatic heterocycles. The van der Waals surface area contributed by atoms with Gasteiger partial charge in [-0.3, -0.25) is 9.69 Å². The summed E-state index contributed by atoms with van der Waals surface area (Å²) in [5.74, 6) is -0.365. The number of carbonyl (C=O) groups excluding carboxylic acids is 1. The maximum absolute atomic E-state index is 12.5. The molecule has 1 aromatic rings.